The first-order chi connectivity index (χ1) is 9.67. The lowest BCUT2D eigenvalue weighted by atomic mass is 10.5. The smallest absolute Gasteiger partial charge is 0.416 e. The zero-order chi connectivity index (χ0) is 14.8. The second kappa shape index (κ2) is 9.44. The van der Waals surface area contributed by atoms with Crippen LogP contribution in [-0.2, 0) is 9.05 Å². The minimum Gasteiger partial charge on any atom is -0.416 e. The Morgan fingerprint density at radius 2 is 1.95 bits per heavy atom. The largest absolute Gasteiger partial charge is 0.440 e. The molecule has 2 amide bonds. The fourth-order valence-corrected chi connectivity index (χ4v) is 1.43. The highest BCUT2D eigenvalue weighted by atomic mass is 31.1. The van der Waals surface area contributed by atoms with Gasteiger partial charge in [0.05, 0.1) is 0 Å². The van der Waals surface area contributed by atoms with Gasteiger partial charge in [0, 0.05) is 12.4 Å². The van der Waals surface area contributed by atoms with Crippen molar-refractivity contribution in [1.82, 2.24) is 25.1 Å². The van der Waals surface area contributed by atoms with Crippen LogP contribution in [0.4, 0.5) is 9.59 Å². The van der Waals surface area contributed by atoms with Crippen LogP contribution in [0.2, 0.25) is 0 Å². The highest BCUT2D eigenvalue weighted by Crippen LogP contribution is 2.06. The Balaban J connectivity index is 2.73. The van der Waals surface area contributed by atoms with Crippen molar-refractivity contribution in [2.24, 2.45) is 4.99 Å². The summed E-state index contributed by atoms with van der Waals surface area (Å²) in [6, 6.07) is 1.61. The first-order valence-electron chi connectivity index (χ1n) is 5.28. The molecule has 0 spiro atoms. The van der Waals surface area contributed by atoms with E-state index >= 15 is 0 Å². The van der Waals surface area contributed by atoms with E-state index in [9.17, 15) is 9.59 Å². The summed E-state index contributed by atoms with van der Waals surface area (Å²) >= 11 is 0. The number of nitrogens with one attached hydrogen (secondary N) is 3. The van der Waals surface area contributed by atoms with E-state index in [-0.39, 0.29) is 23.9 Å². The average molecular weight is 316 g/mol. The van der Waals surface area contributed by atoms with E-state index in [0.29, 0.717) is 0 Å². The summed E-state index contributed by atoms with van der Waals surface area (Å²) in [5.41, 5.74) is 0. The number of hydrogen-bond donors (Lipinski definition) is 3. The van der Waals surface area contributed by atoms with Crippen molar-refractivity contribution >= 4 is 52.0 Å². The van der Waals surface area contributed by atoms with Gasteiger partial charge in [0.2, 0.25) is 5.96 Å². The Hall–Kier alpha value is -1.47. The number of carbonyl (C=O) groups excluding carboxylic acids is 2. The number of nitrogens with zero attached hydrogens (tertiary/aromatic N) is 3. The molecule has 0 bridgehead atoms. The van der Waals surface area contributed by atoms with Gasteiger partial charge < -0.3 is 19.0 Å². The fraction of sp³-hybridized carbons (Fsp3) is 0. The molecule has 0 radical (unpaired) electrons. The van der Waals surface area contributed by atoms with Gasteiger partial charge in [0.15, 0.2) is 16.0 Å². The predicted octanol–water partition coefficient (Wildman–Crippen LogP) is -1.76. The average Bonchev–Trinajstić information content (AvgIpc) is 2.96. The summed E-state index contributed by atoms with van der Waals surface area (Å²) in [5.74, 6) is -0.119. The van der Waals surface area contributed by atoms with Gasteiger partial charge >= 0.3 is 12.2 Å². The van der Waals surface area contributed by atoms with Crippen LogP contribution in [0.5, 0.6) is 0 Å². The number of aromatic nitrogens is 2. The SMILES string of the molecule is BNPOC(=O)/N=C(\NC(=O)OPNB)n1cccn1. The second-order valence-electron chi connectivity index (χ2n) is 2.97. The highest BCUT2D eigenvalue weighted by molar-refractivity contribution is 7.32. The molecular weight excluding hydrogens is 304 g/mol. The number of aliphatic imine (C=N–C) groups is 1. The van der Waals surface area contributed by atoms with E-state index in [1.54, 1.807) is 22.0 Å². The molecule has 0 saturated carbocycles. The second-order valence-corrected chi connectivity index (χ2v) is 4.79. The maximum Gasteiger partial charge on any atom is 0.440 e. The highest BCUT2D eigenvalue weighted by Gasteiger charge is 2.12. The van der Waals surface area contributed by atoms with Gasteiger partial charge in [0.25, 0.3) is 0 Å². The zero-order valence-electron chi connectivity index (χ0n) is 10.7. The van der Waals surface area contributed by atoms with Gasteiger partial charge in [-0.25, -0.2) is 14.3 Å². The van der Waals surface area contributed by atoms with Gasteiger partial charge in [-0.05, 0) is 6.07 Å². The Morgan fingerprint density at radius 1 is 1.25 bits per heavy atom. The minimum atomic E-state index is -0.862. The van der Waals surface area contributed by atoms with Crippen LogP contribution >= 0.6 is 17.9 Å². The van der Waals surface area contributed by atoms with Gasteiger partial charge in [0.1, 0.15) is 17.9 Å². The Morgan fingerprint density at radius 3 is 2.55 bits per heavy atom. The molecule has 0 aromatic carbocycles. The lowest BCUT2D eigenvalue weighted by molar-refractivity contribution is 0.211. The zero-order valence-corrected chi connectivity index (χ0v) is 12.7. The van der Waals surface area contributed by atoms with E-state index in [0.717, 1.165) is 0 Å². The molecule has 0 aliphatic heterocycles. The molecule has 2 atom stereocenters. The molecule has 1 aromatic rings. The van der Waals surface area contributed by atoms with Crippen LogP contribution < -0.4 is 15.3 Å². The summed E-state index contributed by atoms with van der Waals surface area (Å²) in [7, 11) is 2.80. The van der Waals surface area contributed by atoms with E-state index in [1.807, 2.05) is 0 Å². The molecule has 0 aliphatic rings. The maximum atomic E-state index is 11.5. The van der Waals surface area contributed by atoms with Gasteiger partial charge in [-0.3, -0.25) is 5.32 Å². The minimum absolute atomic E-state index is 0.119. The van der Waals surface area contributed by atoms with E-state index in [4.69, 9.17) is 9.05 Å². The molecule has 1 heterocycles. The topological polar surface area (TPSA) is 119 Å². The quantitative estimate of drug-likeness (QED) is 0.261. The standard InChI is InChI=1S/C6H12B2N6O4P2/c7-12-19-17-5(15)10-4(14-3-1-2-9-14)11-6(16)18-20-13-8/h1-3,12-13,19-20H,7-8H2,(H,10,11,15,16). The van der Waals surface area contributed by atoms with Gasteiger partial charge in [-0.15, -0.1) is 4.99 Å². The molecule has 3 N–H and O–H groups in total. The number of carbonyl (C=O) groups is 2. The molecule has 0 saturated heterocycles. The van der Waals surface area contributed by atoms with Crippen molar-refractivity contribution in [3.05, 3.63) is 18.5 Å². The van der Waals surface area contributed by atoms with Crippen molar-refractivity contribution in [1.29, 1.82) is 0 Å². The molecule has 20 heavy (non-hydrogen) atoms. The molecule has 0 aliphatic carbocycles. The van der Waals surface area contributed by atoms with Crippen LogP contribution in [0.3, 0.4) is 0 Å². The molecule has 0 fully saturated rings. The number of amides is 2. The lowest BCUT2D eigenvalue weighted by Crippen LogP contribution is -2.36. The summed E-state index contributed by atoms with van der Waals surface area (Å²) in [5, 5.41) is 6.16. The molecular formula is C6H12B2N6O4P2. The number of hydrogen-bond acceptors (Lipinski definition) is 7. The Bertz CT molecular complexity index is 472. The predicted molar refractivity (Wildman–Crippen MR) is 81.1 cm³/mol. The first-order valence-corrected chi connectivity index (χ1v) is 7.10. The monoisotopic (exact) mass is 316 g/mol. The fourth-order valence-electron chi connectivity index (χ4n) is 0.949. The Labute approximate surface area is 120 Å². The van der Waals surface area contributed by atoms with Gasteiger partial charge in [-0.2, -0.15) is 5.10 Å². The van der Waals surface area contributed by atoms with Crippen LogP contribution in [-0.4, -0.2) is 43.9 Å². The van der Waals surface area contributed by atoms with Gasteiger partial charge in [-0.1, -0.05) is 0 Å². The molecule has 14 heteroatoms. The summed E-state index contributed by atoms with van der Waals surface area (Å²) in [6.45, 7) is 0. The first kappa shape index (κ1) is 16.6. The van der Waals surface area contributed by atoms with Crippen LogP contribution in [0.15, 0.2) is 23.5 Å². The van der Waals surface area contributed by atoms with Crippen molar-refractivity contribution in [3.63, 3.8) is 0 Å². The molecule has 106 valence electrons. The van der Waals surface area contributed by atoms with Crippen LogP contribution in [0.1, 0.15) is 0 Å². The normalized spacial score (nSPS) is 12.1. The van der Waals surface area contributed by atoms with E-state index in [1.165, 1.54) is 17.1 Å². The summed E-state index contributed by atoms with van der Waals surface area (Å²) < 4.78 is 10.7. The Kier molecular flexibility index (Phi) is 7.82. The molecule has 10 nitrogen and oxygen atoms in total. The third-order valence-electron chi connectivity index (χ3n) is 1.62. The van der Waals surface area contributed by atoms with Crippen LogP contribution in [0.25, 0.3) is 0 Å². The van der Waals surface area contributed by atoms with Crippen molar-refractivity contribution < 1.29 is 18.6 Å². The maximum absolute atomic E-state index is 11.5. The lowest BCUT2D eigenvalue weighted by Gasteiger charge is -2.08. The third-order valence-corrected chi connectivity index (χ3v) is 2.59. The van der Waals surface area contributed by atoms with Crippen molar-refractivity contribution in [3.8, 4) is 0 Å². The van der Waals surface area contributed by atoms with Crippen molar-refractivity contribution in [2.75, 3.05) is 0 Å². The van der Waals surface area contributed by atoms with Crippen LogP contribution in [0, 0.1) is 0 Å². The summed E-state index contributed by atoms with van der Waals surface area (Å²) in [4.78, 5) is 31.8. The van der Waals surface area contributed by atoms with Crippen molar-refractivity contribution in [2.45, 2.75) is 0 Å². The molecule has 1 rings (SSSR count). The van der Waals surface area contributed by atoms with E-state index in [2.05, 4.69) is 25.4 Å². The molecule has 1 aromatic heterocycles. The summed E-state index contributed by atoms with van der Waals surface area (Å²) in [6.07, 6.45) is 1.35. The molecule has 2 unspecified atom stereocenters. The third kappa shape index (κ3) is 6.12. The number of rotatable bonds is 4. The van der Waals surface area contributed by atoms with E-state index < -0.39 is 12.2 Å².